The zero-order valence-electron chi connectivity index (χ0n) is 25.9. The fourth-order valence-electron chi connectivity index (χ4n) is 4.93. The molecule has 7 aromatic rings. The number of sulfonamides is 1. The fourth-order valence-corrected chi connectivity index (χ4v) is 5.85. The molecule has 18 heteroatoms. The van der Waals surface area contributed by atoms with E-state index in [2.05, 4.69) is 30.2 Å². The van der Waals surface area contributed by atoms with Crippen molar-refractivity contribution in [3.63, 3.8) is 0 Å². The number of fused-ring (bicyclic) bond motifs is 2. The second kappa shape index (κ2) is 13.7. The standard InChI is InChI=1S/C20H16F3N5O2S.C13H7ClF3N3/c1-24-31(29,30)14-8-6-13(7-9-14)25-19-12-17(15-4-2-3-5-16(15)26-19)28-11-10-18(27-28)20(21,22)23;14-12-7-10(8-3-1-2-4-9(8)18-12)20-6-5-11(19-20)13(15,16)17/h2-12,24H,1H3,(H,25,26);1-7H. The van der Waals surface area contributed by atoms with Crippen molar-refractivity contribution in [2.75, 3.05) is 12.4 Å². The van der Waals surface area contributed by atoms with Gasteiger partial charge in [0.2, 0.25) is 10.0 Å². The SMILES string of the molecule is CNS(=O)(=O)c1ccc(Nc2cc(-n3ccc(C(F)(F)F)n3)c3ccccc3n2)cc1.FC(F)(F)c1ccn(-c2cc(Cl)nc3ccccc23)n1. The molecule has 0 aliphatic rings. The molecule has 4 aromatic heterocycles. The van der Waals surface area contributed by atoms with Crippen molar-refractivity contribution in [2.45, 2.75) is 17.2 Å². The molecule has 0 aliphatic carbocycles. The lowest BCUT2D eigenvalue weighted by molar-refractivity contribution is -0.142. The lowest BCUT2D eigenvalue weighted by Crippen LogP contribution is -2.18. The van der Waals surface area contributed by atoms with E-state index in [9.17, 15) is 34.8 Å². The largest absolute Gasteiger partial charge is 0.435 e. The molecule has 0 radical (unpaired) electrons. The summed E-state index contributed by atoms with van der Waals surface area (Å²) in [4.78, 5) is 8.71. The van der Waals surface area contributed by atoms with Gasteiger partial charge in [0, 0.05) is 41.0 Å². The van der Waals surface area contributed by atoms with Gasteiger partial charge in [-0.2, -0.15) is 36.5 Å². The van der Waals surface area contributed by atoms with Gasteiger partial charge in [-0.25, -0.2) is 32.5 Å². The number of nitrogens with zero attached hydrogens (tertiary/aromatic N) is 6. The molecule has 2 N–H and O–H groups in total. The Hall–Kier alpha value is -5.52. The quantitative estimate of drug-likeness (QED) is 0.130. The van der Waals surface area contributed by atoms with Crippen LogP contribution in [0.1, 0.15) is 11.4 Å². The van der Waals surface area contributed by atoms with Gasteiger partial charge in [0.15, 0.2) is 11.4 Å². The van der Waals surface area contributed by atoms with E-state index < -0.39 is 33.8 Å². The van der Waals surface area contributed by atoms with Crippen LogP contribution in [0, 0.1) is 0 Å². The number of aromatic nitrogens is 6. The number of hydrogen-bond donors (Lipinski definition) is 2. The molecule has 7 rings (SSSR count). The maximum atomic E-state index is 13.0. The molecule has 51 heavy (non-hydrogen) atoms. The maximum absolute atomic E-state index is 13.0. The summed E-state index contributed by atoms with van der Waals surface area (Å²) in [6.45, 7) is 0. The minimum absolute atomic E-state index is 0.101. The first-order valence-corrected chi connectivity index (χ1v) is 16.5. The molecular formula is C33H23ClF6N8O2S. The van der Waals surface area contributed by atoms with E-state index >= 15 is 0 Å². The molecule has 4 heterocycles. The van der Waals surface area contributed by atoms with Crippen molar-refractivity contribution < 1.29 is 34.8 Å². The lowest BCUT2D eigenvalue weighted by atomic mass is 10.2. The number of para-hydroxylation sites is 2. The highest BCUT2D eigenvalue weighted by atomic mass is 35.5. The molecule has 0 bridgehead atoms. The van der Waals surface area contributed by atoms with Gasteiger partial charge in [-0.3, -0.25) is 0 Å². The Kier molecular flexibility index (Phi) is 9.45. The average molecular weight is 745 g/mol. The summed E-state index contributed by atoms with van der Waals surface area (Å²) in [6.07, 6.45) is -6.53. The van der Waals surface area contributed by atoms with Crippen molar-refractivity contribution in [1.82, 2.24) is 34.3 Å². The number of nitrogens with one attached hydrogen (secondary N) is 2. The molecule has 10 nitrogen and oxygen atoms in total. The number of alkyl halides is 6. The molecule has 0 amide bonds. The number of pyridine rings is 2. The van der Waals surface area contributed by atoms with Gasteiger partial charge in [-0.1, -0.05) is 48.0 Å². The van der Waals surface area contributed by atoms with Gasteiger partial charge >= 0.3 is 12.4 Å². The van der Waals surface area contributed by atoms with E-state index in [1.165, 1.54) is 37.6 Å². The Balaban J connectivity index is 0.000000193. The highest BCUT2D eigenvalue weighted by Gasteiger charge is 2.34. The van der Waals surface area contributed by atoms with Gasteiger partial charge in [0.1, 0.15) is 11.0 Å². The van der Waals surface area contributed by atoms with Gasteiger partial charge in [0.05, 0.1) is 27.3 Å². The van der Waals surface area contributed by atoms with E-state index in [-0.39, 0.29) is 10.0 Å². The van der Waals surface area contributed by atoms with E-state index in [1.54, 1.807) is 66.7 Å². The van der Waals surface area contributed by atoms with Crippen molar-refractivity contribution in [3.05, 3.63) is 126 Å². The normalized spacial score (nSPS) is 12.2. The van der Waals surface area contributed by atoms with E-state index in [0.29, 0.717) is 44.7 Å². The lowest BCUT2D eigenvalue weighted by Gasteiger charge is -2.12. The molecular weight excluding hydrogens is 722 g/mol. The van der Waals surface area contributed by atoms with E-state index in [1.807, 2.05) is 0 Å². The number of benzene rings is 3. The van der Waals surface area contributed by atoms with Crippen LogP contribution in [0.3, 0.4) is 0 Å². The van der Waals surface area contributed by atoms with Gasteiger partial charge in [-0.05, 0) is 55.6 Å². The third kappa shape index (κ3) is 7.79. The van der Waals surface area contributed by atoms with Crippen LogP contribution in [-0.2, 0) is 22.4 Å². The first-order valence-electron chi connectivity index (χ1n) is 14.6. The molecule has 0 atom stereocenters. The Morgan fingerprint density at radius 2 is 1.16 bits per heavy atom. The monoisotopic (exact) mass is 744 g/mol. The highest BCUT2D eigenvalue weighted by molar-refractivity contribution is 7.89. The Bertz CT molecular complexity index is 2460. The van der Waals surface area contributed by atoms with Gasteiger partial charge in [-0.15, -0.1) is 0 Å². The van der Waals surface area contributed by atoms with Crippen LogP contribution < -0.4 is 10.0 Å². The van der Waals surface area contributed by atoms with E-state index in [0.717, 1.165) is 21.5 Å². The van der Waals surface area contributed by atoms with Crippen LogP contribution in [-0.4, -0.2) is 45.0 Å². The Morgan fingerprint density at radius 3 is 1.65 bits per heavy atom. The molecule has 0 saturated carbocycles. The third-order valence-corrected chi connectivity index (χ3v) is 8.94. The first kappa shape index (κ1) is 35.3. The molecule has 0 fully saturated rings. The third-order valence-electron chi connectivity index (χ3n) is 7.32. The molecule has 262 valence electrons. The number of rotatable bonds is 6. The average Bonchev–Trinajstić information content (AvgIpc) is 3.80. The first-order chi connectivity index (χ1) is 24.1. The summed E-state index contributed by atoms with van der Waals surface area (Å²) in [5.41, 5.74) is 0.632. The summed E-state index contributed by atoms with van der Waals surface area (Å²) in [6, 6.07) is 24.9. The van der Waals surface area contributed by atoms with Crippen LogP contribution >= 0.6 is 11.6 Å². The maximum Gasteiger partial charge on any atom is 0.435 e. The zero-order valence-corrected chi connectivity index (χ0v) is 27.5. The number of hydrogen-bond acceptors (Lipinski definition) is 7. The van der Waals surface area contributed by atoms with Crippen molar-refractivity contribution in [2.24, 2.45) is 0 Å². The second-order valence-corrected chi connectivity index (χ2v) is 12.9. The summed E-state index contributed by atoms with van der Waals surface area (Å²) in [5, 5.41) is 11.8. The smallest absolute Gasteiger partial charge is 0.340 e. The topological polar surface area (TPSA) is 120 Å². The Morgan fingerprint density at radius 1 is 0.667 bits per heavy atom. The summed E-state index contributed by atoms with van der Waals surface area (Å²) >= 11 is 5.90. The van der Waals surface area contributed by atoms with E-state index in [4.69, 9.17) is 11.6 Å². The summed E-state index contributed by atoms with van der Waals surface area (Å²) < 4.78 is 105. The van der Waals surface area contributed by atoms with Gasteiger partial charge < -0.3 is 5.32 Å². The predicted molar refractivity (Wildman–Crippen MR) is 179 cm³/mol. The molecule has 3 aromatic carbocycles. The van der Waals surface area contributed by atoms with Crippen molar-refractivity contribution in [1.29, 1.82) is 0 Å². The highest BCUT2D eigenvalue weighted by Crippen LogP contribution is 2.32. The molecule has 0 aliphatic heterocycles. The number of anilines is 2. The Labute approximate surface area is 290 Å². The minimum atomic E-state index is -4.55. The van der Waals surface area contributed by atoms with Gasteiger partial charge in [0.25, 0.3) is 0 Å². The van der Waals surface area contributed by atoms with Crippen LogP contribution in [0.5, 0.6) is 0 Å². The molecule has 0 saturated heterocycles. The van der Waals surface area contributed by atoms with Crippen LogP contribution in [0.25, 0.3) is 33.2 Å². The second-order valence-electron chi connectivity index (χ2n) is 10.7. The predicted octanol–water partition coefficient (Wildman–Crippen LogP) is 8.18. The molecule has 0 unspecified atom stereocenters. The zero-order chi connectivity index (χ0) is 36.6. The van der Waals surface area contributed by atoms with Crippen molar-refractivity contribution >= 4 is 54.9 Å². The van der Waals surface area contributed by atoms with Crippen LogP contribution in [0.2, 0.25) is 5.15 Å². The minimum Gasteiger partial charge on any atom is -0.340 e. The fraction of sp³-hybridized carbons (Fsp3) is 0.0909. The molecule has 0 spiro atoms. The van der Waals surface area contributed by atoms with Crippen molar-refractivity contribution in [3.8, 4) is 11.4 Å². The number of halogens is 7. The summed E-state index contributed by atoms with van der Waals surface area (Å²) in [7, 11) is -2.25. The van der Waals surface area contributed by atoms with Crippen LogP contribution in [0.4, 0.5) is 37.8 Å². The van der Waals surface area contributed by atoms with Crippen LogP contribution in [0.15, 0.2) is 114 Å². The summed E-state index contributed by atoms with van der Waals surface area (Å²) in [5.74, 6) is 0.363.